The van der Waals surface area contributed by atoms with Gasteiger partial charge in [0, 0.05) is 18.2 Å². The number of benzene rings is 2. The zero-order chi connectivity index (χ0) is 21.8. The lowest BCUT2D eigenvalue weighted by Crippen LogP contribution is -2.36. The molecule has 0 saturated carbocycles. The van der Waals surface area contributed by atoms with E-state index in [1.807, 2.05) is 43.0 Å². The van der Waals surface area contributed by atoms with Crippen molar-refractivity contribution in [2.24, 2.45) is 0 Å². The summed E-state index contributed by atoms with van der Waals surface area (Å²) in [5, 5.41) is 3.95. The number of likely N-dealkylation sites (tertiary alicyclic amines) is 1. The van der Waals surface area contributed by atoms with Crippen LogP contribution in [0.25, 0.3) is 0 Å². The van der Waals surface area contributed by atoms with E-state index in [4.69, 9.17) is 14.0 Å². The number of methoxy groups -OCH3 is 1. The van der Waals surface area contributed by atoms with Gasteiger partial charge in [0.05, 0.1) is 18.4 Å². The van der Waals surface area contributed by atoms with Crippen LogP contribution in [0.15, 0.2) is 53.1 Å². The molecule has 1 atom stereocenters. The summed E-state index contributed by atoms with van der Waals surface area (Å²) >= 11 is 0. The minimum atomic E-state index is 0.0361. The molecule has 4 rings (SSSR count). The first kappa shape index (κ1) is 21.0. The van der Waals surface area contributed by atoms with E-state index >= 15 is 0 Å². The third kappa shape index (κ3) is 4.58. The third-order valence-electron chi connectivity index (χ3n) is 5.92. The first-order valence-electron chi connectivity index (χ1n) is 10.6. The fourth-order valence-corrected chi connectivity index (χ4v) is 4.15. The Morgan fingerprint density at radius 3 is 2.68 bits per heavy atom. The summed E-state index contributed by atoms with van der Waals surface area (Å²) in [6.07, 6.45) is 2.93. The molecule has 0 radical (unpaired) electrons. The van der Waals surface area contributed by atoms with Gasteiger partial charge in [0.2, 0.25) is 0 Å². The number of aryl methyl sites for hydroxylation is 2. The van der Waals surface area contributed by atoms with E-state index in [-0.39, 0.29) is 11.9 Å². The maximum absolute atomic E-state index is 13.3. The summed E-state index contributed by atoms with van der Waals surface area (Å²) in [6, 6.07) is 15.9. The monoisotopic (exact) mass is 420 g/mol. The van der Waals surface area contributed by atoms with Crippen molar-refractivity contribution in [3.05, 3.63) is 76.7 Å². The first-order valence-corrected chi connectivity index (χ1v) is 10.6. The molecule has 1 aliphatic rings. The van der Waals surface area contributed by atoms with E-state index in [2.05, 4.69) is 17.3 Å². The second-order valence-electron chi connectivity index (χ2n) is 7.94. The number of ether oxygens (including phenoxy) is 2. The fourth-order valence-electron chi connectivity index (χ4n) is 4.15. The van der Waals surface area contributed by atoms with Crippen LogP contribution in [-0.2, 0) is 13.0 Å². The molecule has 0 bridgehead atoms. The highest BCUT2D eigenvalue weighted by Crippen LogP contribution is 2.31. The topological polar surface area (TPSA) is 64.8 Å². The van der Waals surface area contributed by atoms with Crippen LogP contribution in [0.2, 0.25) is 0 Å². The Morgan fingerprint density at radius 1 is 1.16 bits per heavy atom. The van der Waals surface area contributed by atoms with Crippen LogP contribution in [-0.4, -0.2) is 35.7 Å². The Hall–Kier alpha value is -3.28. The Bertz CT molecular complexity index is 1030. The van der Waals surface area contributed by atoms with Gasteiger partial charge < -0.3 is 18.9 Å². The molecule has 1 fully saturated rings. The van der Waals surface area contributed by atoms with Gasteiger partial charge in [0.1, 0.15) is 12.4 Å². The molecule has 1 aliphatic heterocycles. The molecule has 1 saturated heterocycles. The maximum atomic E-state index is 13.3. The zero-order valence-corrected chi connectivity index (χ0v) is 18.3. The lowest BCUT2D eigenvalue weighted by molar-refractivity contribution is 0.0736. The van der Waals surface area contributed by atoms with Crippen LogP contribution >= 0.6 is 0 Å². The van der Waals surface area contributed by atoms with E-state index in [1.54, 1.807) is 19.2 Å². The summed E-state index contributed by atoms with van der Waals surface area (Å²) in [7, 11) is 1.58. The van der Waals surface area contributed by atoms with Crippen molar-refractivity contribution in [1.29, 1.82) is 0 Å². The molecule has 6 nitrogen and oxygen atoms in total. The van der Waals surface area contributed by atoms with Crippen LogP contribution in [0.5, 0.6) is 11.5 Å². The van der Waals surface area contributed by atoms with Crippen LogP contribution in [0.1, 0.15) is 45.8 Å². The van der Waals surface area contributed by atoms with E-state index in [0.29, 0.717) is 23.7 Å². The molecule has 31 heavy (non-hydrogen) atoms. The average Bonchev–Trinajstić information content (AvgIpc) is 3.38. The number of amides is 1. The first-order chi connectivity index (χ1) is 15.1. The van der Waals surface area contributed by atoms with Crippen molar-refractivity contribution in [2.75, 3.05) is 13.7 Å². The van der Waals surface area contributed by atoms with Gasteiger partial charge >= 0.3 is 0 Å². The van der Waals surface area contributed by atoms with Gasteiger partial charge in [-0.25, -0.2) is 0 Å². The fraction of sp³-hybridized carbons (Fsp3) is 0.360. The van der Waals surface area contributed by atoms with Gasteiger partial charge in [-0.1, -0.05) is 35.5 Å². The summed E-state index contributed by atoms with van der Waals surface area (Å²) in [5.41, 5.74) is 3.60. The molecule has 0 spiro atoms. The van der Waals surface area contributed by atoms with Gasteiger partial charge in [-0.05, 0) is 56.9 Å². The van der Waals surface area contributed by atoms with Crippen molar-refractivity contribution < 1.29 is 18.8 Å². The van der Waals surface area contributed by atoms with Crippen molar-refractivity contribution in [3.8, 4) is 11.5 Å². The number of nitrogens with zero attached hydrogens (tertiary/aromatic N) is 2. The van der Waals surface area contributed by atoms with Crippen LogP contribution in [0, 0.1) is 13.8 Å². The molecule has 2 heterocycles. The molecule has 1 amide bonds. The molecule has 162 valence electrons. The quantitative estimate of drug-likeness (QED) is 0.553. The van der Waals surface area contributed by atoms with Gasteiger partial charge in [0.25, 0.3) is 5.91 Å². The minimum absolute atomic E-state index is 0.0361. The second-order valence-corrected chi connectivity index (χ2v) is 7.94. The van der Waals surface area contributed by atoms with E-state index in [1.165, 1.54) is 5.56 Å². The Morgan fingerprint density at radius 2 is 1.97 bits per heavy atom. The highest BCUT2D eigenvalue weighted by Gasteiger charge is 2.30. The normalized spacial score (nSPS) is 15.8. The van der Waals surface area contributed by atoms with Crippen molar-refractivity contribution >= 4 is 5.91 Å². The van der Waals surface area contributed by atoms with E-state index in [0.717, 1.165) is 42.8 Å². The SMILES string of the molecule is COc1cc(C(=O)N2CCCC2Cc2ccccc2)ccc1OCc1c(C)noc1C. The van der Waals surface area contributed by atoms with Crippen molar-refractivity contribution in [1.82, 2.24) is 10.1 Å². The number of aromatic nitrogens is 1. The highest BCUT2D eigenvalue weighted by atomic mass is 16.5. The molecule has 6 heteroatoms. The number of carbonyl (C=O) groups is 1. The van der Waals surface area contributed by atoms with Crippen molar-refractivity contribution in [2.45, 2.75) is 45.8 Å². The molecule has 3 aromatic rings. The standard InChI is InChI=1S/C25H28N2O4/c1-17-22(18(2)31-26-17)16-30-23-12-11-20(15-24(23)29-3)25(28)27-13-7-10-21(27)14-19-8-5-4-6-9-19/h4-6,8-9,11-12,15,21H,7,10,13-14,16H2,1-3H3. The summed E-state index contributed by atoms with van der Waals surface area (Å²) < 4.78 is 16.7. The number of rotatable bonds is 7. The number of hydrogen-bond donors (Lipinski definition) is 0. The lowest BCUT2D eigenvalue weighted by atomic mass is 10.0. The summed E-state index contributed by atoms with van der Waals surface area (Å²) in [4.78, 5) is 15.3. The number of carbonyl (C=O) groups excluding carboxylic acids is 1. The molecular weight excluding hydrogens is 392 g/mol. The zero-order valence-electron chi connectivity index (χ0n) is 18.3. The predicted molar refractivity (Wildman–Crippen MR) is 118 cm³/mol. The Labute approximate surface area is 182 Å². The smallest absolute Gasteiger partial charge is 0.254 e. The molecule has 1 aromatic heterocycles. The van der Waals surface area contributed by atoms with Gasteiger partial charge in [-0.15, -0.1) is 0 Å². The molecular formula is C25H28N2O4. The third-order valence-corrected chi connectivity index (χ3v) is 5.92. The van der Waals surface area contributed by atoms with E-state index < -0.39 is 0 Å². The number of hydrogen-bond acceptors (Lipinski definition) is 5. The minimum Gasteiger partial charge on any atom is -0.493 e. The largest absolute Gasteiger partial charge is 0.493 e. The molecule has 1 unspecified atom stereocenters. The predicted octanol–water partition coefficient (Wildman–Crippen LogP) is 4.73. The van der Waals surface area contributed by atoms with Gasteiger partial charge in [0.15, 0.2) is 11.5 Å². The van der Waals surface area contributed by atoms with Gasteiger partial charge in [-0.2, -0.15) is 0 Å². The highest BCUT2D eigenvalue weighted by molar-refractivity contribution is 5.95. The molecule has 0 N–H and O–H groups in total. The second kappa shape index (κ2) is 9.25. The molecule has 0 aliphatic carbocycles. The summed E-state index contributed by atoms with van der Waals surface area (Å²) in [5.74, 6) is 1.90. The van der Waals surface area contributed by atoms with Crippen LogP contribution < -0.4 is 9.47 Å². The van der Waals surface area contributed by atoms with Gasteiger partial charge in [-0.3, -0.25) is 4.79 Å². The van der Waals surface area contributed by atoms with Crippen molar-refractivity contribution in [3.63, 3.8) is 0 Å². The van der Waals surface area contributed by atoms with E-state index in [9.17, 15) is 4.79 Å². The summed E-state index contributed by atoms with van der Waals surface area (Å²) in [6.45, 7) is 4.86. The Balaban J connectivity index is 1.48. The lowest BCUT2D eigenvalue weighted by Gasteiger charge is -2.25. The van der Waals surface area contributed by atoms with Crippen LogP contribution in [0.3, 0.4) is 0 Å². The average molecular weight is 421 g/mol. The Kier molecular flexibility index (Phi) is 6.26. The van der Waals surface area contributed by atoms with Crippen LogP contribution in [0.4, 0.5) is 0 Å². The maximum Gasteiger partial charge on any atom is 0.254 e. The molecule has 2 aromatic carbocycles.